The maximum atomic E-state index is 17.4. The van der Waals surface area contributed by atoms with E-state index in [4.69, 9.17) is 18.3 Å². The van der Waals surface area contributed by atoms with Gasteiger partial charge in [-0.15, -0.1) is 0 Å². The Hall–Kier alpha value is -4.82. The second-order valence-corrected chi connectivity index (χ2v) is 19.0. The van der Waals surface area contributed by atoms with Crippen LogP contribution in [0.15, 0.2) is 55.6 Å². The molecule has 0 bridgehead atoms. The lowest BCUT2D eigenvalue weighted by molar-refractivity contribution is -0.219. The van der Waals surface area contributed by atoms with E-state index in [9.17, 15) is 34.2 Å². The number of rotatable bonds is 17. The molecular weight excluding hydrogens is 812 g/mol. The summed E-state index contributed by atoms with van der Waals surface area (Å²) in [7, 11) is 0. The van der Waals surface area contributed by atoms with E-state index in [0.717, 1.165) is 79.7 Å². The molecule has 0 saturated heterocycles. The van der Waals surface area contributed by atoms with Gasteiger partial charge in [0.15, 0.2) is 18.1 Å². The minimum Gasteiger partial charge on any atom is -0.459 e. The number of aliphatic hydroxyl groups excluding tert-OH is 1. The minimum absolute atomic E-state index is 0.138. The normalized spacial score (nSPS) is 29.8. The van der Waals surface area contributed by atoms with E-state index in [1.807, 2.05) is 26.0 Å². The van der Waals surface area contributed by atoms with Gasteiger partial charge in [0, 0.05) is 45.7 Å². The fourth-order valence-corrected chi connectivity index (χ4v) is 11.7. The van der Waals surface area contributed by atoms with E-state index in [2.05, 4.69) is 10.6 Å². The predicted molar refractivity (Wildman–Crippen MR) is 234 cm³/mol. The number of fused-ring (bicyclic) bond motifs is 7. The van der Waals surface area contributed by atoms with Crippen molar-refractivity contribution in [3.63, 3.8) is 0 Å². The molecule has 14 heteroatoms. The lowest BCUT2D eigenvalue weighted by Gasteiger charge is -2.62. The predicted octanol–water partition coefficient (Wildman–Crippen LogP) is 8.54. The second kappa shape index (κ2) is 18.3. The van der Waals surface area contributed by atoms with Gasteiger partial charge in [-0.3, -0.25) is 9.59 Å². The Morgan fingerprint density at radius 1 is 0.889 bits per heavy atom. The summed E-state index contributed by atoms with van der Waals surface area (Å²) >= 11 is 0. The maximum Gasteiger partial charge on any atom is 0.407 e. The highest BCUT2D eigenvalue weighted by Gasteiger charge is 2.75. The Kier molecular flexibility index (Phi) is 13.4. The number of carbonyl (C=O) groups excluding carboxylic acids is 4. The first-order valence-corrected chi connectivity index (χ1v) is 22.8. The van der Waals surface area contributed by atoms with Gasteiger partial charge in [-0.2, -0.15) is 0 Å². The number of aryl methyl sites for hydroxylation is 2. The molecule has 13 nitrogen and oxygen atoms in total. The van der Waals surface area contributed by atoms with E-state index in [0.29, 0.717) is 54.9 Å². The van der Waals surface area contributed by atoms with Crippen LogP contribution in [0.5, 0.6) is 0 Å². The Bertz CT molecular complexity index is 2370. The van der Waals surface area contributed by atoms with Crippen LogP contribution in [0.4, 0.5) is 14.0 Å². The number of alkyl carbamates (subject to hydrolysis) is 2. The lowest BCUT2D eigenvalue weighted by Crippen LogP contribution is -2.69. The van der Waals surface area contributed by atoms with Crippen LogP contribution in [0.25, 0.3) is 21.9 Å². The highest BCUT2D eigenvalue weighted by molar-refractivity contribution is 6.01. The average Bonchev–Trinajstić information content (AvgIpc) is 3.75. The first-order chi connectivity index (χ1) is 29.9. The Labute approximate surface area is 367 Å². The van der Waals surface area contributed by atoms with E-state index in [1.54, 1.807) is 26.8 Å². The largest absolute Gasteiger partial charge is 0.459 e. The van der Waals surface area contributed by atoms with Crippen molar-refractivity contribution in [3.8, 4) is 0 Å². The van der Waals surface area contributed by atoms with Gasteiger partial charge in [0.25, 0.3) is 0 Å². The van der Waals surface area contributed by atoms with Gasteiger partial charge in [0.2, 0.25) is 5.78 Å². The number of ether oxygens (including phenoxy) is 2. The second-order valence-electron chi connectivity index (χ2n) is 19.0. The molecule has 3 fully saturated rings. The Balaban J connectivity index is 0.729. The summed E-state index contributed by atoms with van der Waals surface area (Å²) in [6, 6.07) is 5.24. The van der Waals surface area contributed by atoms with Crippen LogP contribution in [0.2, 0.25) is 0 Å². The minimum atomic E-state index is -2.07. The van der Waals surface area contributed by atoms with Crippen LogP contribution in [-0.4, -0.2) is 71.1 Å². The van der Waals surface area contributed by atoms with E-state index >= 15 is 4.39 Å². The van der Waals surface area contributed by atoms with Crippen LogP contribution < -0.4 is 16.3 Å². The topological polar surface area (TPSA) is 195 Å². The third kappa shape index (κ3) is 8.49. The number of ketones is 2. The van der Waals surface area contributed by atoms with Crippen LogP contribution >= 0.6 is 0 Å². The molecule has 8 atom stereocenters. The molecule has 1 aromatic carbocycles. The van der Waals surface area contributed by atoms with Gasteiger partial charge in [0.05, 0.1) is 19.3 Å². The molecule has 0 aliphatic heterocycles. The number of hydrogen-bond donors (Lipinski definition) is 4. The molecule has 7 rings (SSSR count). The summed E-state index contributed by atoms with van der Waals surface area (Å²) in [5.41, 5.74) is -3.36. The molecule has 2 heterocycles. The summed E-state index contributed by atoms with van der Waals surface area (Å²) in [6.45, 7) is 9.21. The lowest BCUT2D eigenvalue weighted by atomic mass is 9.44. The van der Waals surface area contributed by atoms with Crippen molar-refractivity contribution in [2.75, 3.05) is 19.8 Å². The molecule has 4 N–H and O–H groups in total. The number of halogens is 1. The number of amides is 2. The maximum absolute atomic E-state index is 17.4. The van der Waals surface area contributed by atoms with Crippen molar-refractivity contribution in [2.24, 2.45) is 28.6 Å². The molecule has 2 amide bonds. The van der Waals surface area contributed by atoms with E-state index < -0.39 is 76.2 Å². The number of Topliss-reactive ketones (excluding diaryl/α,β-unsaturated/α-hetero) is 1. The van der Waals surface area contributed by atoms with Gasteiger partial charge in [0.1, 0.15) is 22.5 Å². The molecule has 0 radical (unpaired) electrons. The molecular formula is C49H63FN2O11. The van der Waals surface area contributed by atoms with Crippen molar-refractivity contribution in [1.29, 1.82) is 0 Å². The molecule has 63 heavy (non-hydrogen) atoms. The zero-order valence-corrected chi connectivity index (χ0v) is 37.2. The first kappa shape index (κ1) is 46.2. The van der Waals surface area contributed by atoms with Gasteiger partial charge < -0.3 is 39.2 Å². The van der Waals surface area contributed by atoms with Crippen molar-refractivity contribution in [3.05, 3.63) is 69.3 Å². The summed E-state index contributed by atoms with van der Waals surface area (Å²) in [4.78, 5) is 62.6. The molecule has 4 aliphatic rings. The van der Waals surface area contributed by atoms with Crippen molar-refractivity contribution in [2.45, 2.75) is 142 Å². The molecule has 2 aromatic heterocycles. The number of aliphatic hydroxyl groups is 2. The quantitative estimate of drug-likeness (QED) is 0.0750. The SMILES string of the molecule is Cc1cc(=O)oc2c(C)c3oc(CNC(=O)OCCCCCCCCCCCNC(=O)OCC(=O)[C@@]4(O)[C@H](C)CC5C6CCC7=CC(=O)C=CC7(C)[C@@]6(F)C(O)CC54C)cc3cc12. The average molecular weight is 875 g/mol. The van der Waals surface area contributed by atoms with Gasteiger partial charge in [-0.25, -0.2) is 18.8 Å². The molecule has 3 aromatic rings. The number of carbonyl (C=O) groups is 4. The van der Waals surface area contributed by atoms with Crippen LogP contribution in [0, 0.1) is 42.4 Å². The number of nitrogens with one attached hydrogen (secondary N) is 2. The third-order valence-electron chi connectivity index (χ3n) is 15.2. The summed E-state index contributed by atoms with van der Waals surface area (Å²) < 4.78 is 39.4. The van der Waals surface area contributed by atoms with Crippen molar-refractivity contribution < 1.29 is 52.1 Å². The van der Waals surface area contributed by atoms with Crippen molar-refractivity contribution >= 4 is 45.7 Å². The number of hydrogen-bond acceptors (Lipinski definition) is 11. The standard InChI is InChI=1S/C49H63FN2O11/c1-29-21-41(56)63-43-31(3)42-32(24-36(29)43)23-35(62-42)27-52-45(58)60-20-14-12-10-8-6-7-9-11-13-19-51-44(57)61-28-40(55)49(59)30(2)22-38-37-16-15-33-25-34(53)17-18-46(33,4)48(37,50)39(54)26-47(38,49)5/h17-18,21,23-25,30,37-39,54,59H,6-16,19-20,22,26-28H2,1-5H3,(H,51,57)(H,52,58)/t30-,37?,38?,39?,46?,47?,48+,49+/m1/s1. The summed E-state index contributed by atoms with van der Waals surface area (Å²) in [5, 5.41) is 30.8. The number of benzene rings is 1. The first-order valence-electron chi connectivity index (χ1n) is 22.8. The monoisotopic (exact) mass is 874 g/mol. The highest BCUT2D eigenvalue weighted by Crippen LogP contribution is 2.70. The number of alkyl halides is 1. The smallest absolute Gasteiger partial charge is 0.407 e. The number of unbranched alkanes of at least 4 members (excludes halogenated alkanes) is 8. The fourth-order valence-electron chi connectivity index (χ4n) is 11.7. The highest BCUT2D eigenvalue weighted by atomic mass is 19.1. The fraction of sp³-hybridized carbons (Fsp3) is 0.612. The van der Waals surface area contributed by atoms with E-state index in [-0.39, 0.29) is 18.7 Å². The van der Waals surface area contributed by atoms with Crippen LogP contribution in [0.3, 0.4) is 0 Å². The molecule has 3 saturated carbocycles. The third-order valence-corrected chi connectivity index (χ3v) is 15.2. The summed E-state index contributed by atoms with van der Waals surface area (Å²) in [5.74, 6) is -1.86. The van der Waals surface area contributed by atoms with Crippen LogP contribution in [0.1, 0.15) is 121 Å². The van der Waals surface area contributed by atoms with Crippen LogP contribution in [-0.2, 0) is 25.6 Å². The van der Waals surface area contributed by atoms with E-state index in [1.165, 1.54) is 18.2 Å². The molecule has 4 aliphatic carbocycles. The molecule has 342 valence electrons. The zero-order chi connectivity index (χ0) is 45.3. The van der Waals surface area contributed by atoms with Crippen molar-refractivity contribution in [1.82, 2.24) is 10.6 Å². The molecule has 5 unspecified atom stereocenters. The summed E-state index contributed by atoms with van der Waals surface area (Å²) in [6.07, 6.45) is 11.5. The molecule has 0 spiro atoms. The zero-order valence-electron chi connectivity index (χ0n) is 37.2. The Morgan fingerprint density at radius 3 is 2.30 bits per heavy atom. The van der Waals surface area contributed by atoms with Gasteiger partial charge >= 0.3 is 17.8 Å². The number of furan rings is 1. The van der Waals surface area contributed by atoms with Gasteiger partial charge in [-0.1, -0.05) is 70.4 Å². The number of allylic oxidation sites excluding steroid dienone is 4. The Morgan fingerprint density at radius 2 is 1.57 bits per heavy atom. The van der Waals surface area contributed by atoms with Gasteiger partial charge in [-0.05, 0) is 101 Å².